The van der Waals surface area contributed by atoms with Crippen LogP contribution in [0.3, 0.4) is 0 Å². The van der Waals surface area contributed by atoms with Gasteiger partial charge < -0.3 is 39.7 Å². The summed E-state index contributed by atoms with van der Waals surface area (Å²) in [6, 6.07) is 10.3. The fourth-order valence-electron chi connectivity index (χ4n) is 6.72. The summed E-state index contributed by atoms with van der Waals surface area (Å²) >= 11 is 0. The Morgan fingerprint density at radius 1 is 1.07 bits per heavy atom. The van der Waals surface area contributed by atoms with E-state index in [1.807, 2.05) is 24.3 Å². The maximum atomic E-state index is 14.0. The Hall–Kier alpha value is -3.60. The number of aliphatic hydroxyl groups is 3. The summed E-state index contributed by atoms with van der Waals surface area (Å²) in [7, 11) is 3.10. The first-order chi connectivity index (χ1) is 20.9. The highest BCUT2D eigenvalue weighted by molar-refractivity contribution is 5.96. The Balaban J connectivity index is 1.53. The molecule has 5 rings (SSSR count). The number of hydrogen-bond acceptors (Lipinski definition) is 8. The van der Waals surface area contributed by atoms with Crippen LogP contribution in [0.25, 0.3) is 0 Å². The predicted octanol–water partition coefficient (Wildman–Crippen LogP) is 2.47. The van der Waals surface area contributed by atoms with E-state index in [1.165, 1.54) is 7.11 Å². The molecule has 1 heterocycles. The summed E-state index contributed by atoms with van der Waals surface area (Å²) in [5, 5.41) is 33.9. The van der Waals surface area contributed by atoms with Gasteiger partial charge in [0.2, 0.25) is 11.8 Å². The first-order valence-electron chi connectivity index (χ1n) is 15.1. The largest absolute Gasteiger partial charge is 0.497 e. The average molecular weight is 595 g/mol. The van der Waals surface area contributed by atoms with Gasteiger partial charge in [0, 0.05) is 30.6 Å². The second-order valence-electron chi connectivity index (χ2n) is 11.6. The first-order valence-corrected chi connectivity index (χ1v) is 15.1. The third kappa shape index (κ3) is 6.51. The molecule has 1 aliphatic heterocycles. The van der Waals surface area contributed by atoms with E-state index in [1.54, 1.807) is 30.2 Å². The van der Waals surface area contributed by atoms with Crippen molar-refractivity contribution in [3.8, 4) is 17.2 Å². The molecule has 10 nitrogen and oxygen atoms in total. The quantitative estimate of drug-likeness (QED) is 0.294. The van der Waals surface area contributed by atoms with Gasteiger partial charge in [-0.15, -0.1) is 0 Å². The van der Waals surface area contributed by atoms with E-state index in [0.717, 1.165) is 37.0 Å². The zero-order valence-electron chi connectivity index (χ0n) is 24.8. The number of amides is 2. The molecule has 0 saturated heterocycles. The van der Waals surface area contributed by atoms with E-state index in [-0.39, 0.29) is 25.7 Å². The van der Waals surface area contributed by atoms with Gasteiger partial charge in [-0.3, -0.25) is 9.59 Å². The molecule has 2 aromatic carbocycles. The van der Waals surface area contributed by atoms with E-state index in [2.05, 4.69) is 5.32 Å². The van der Waals surface area contributed by atoms with Crippen molar-refractivity contribution in [2.24, 2.45) is 5.92 Å². The zero-order chi connectivity index (χ0) is 30.5. The molecule has 232 valence electrons. The number of nitrogens with zero attached hydrogens (tertiary/aromatic N) is 1. The zero-order valence-corrected chi connectivity index (χ0v) is 24.8. The van der Waals surface area contributed by atoms with Crippen molar-refractivity contribution in [1.82, 2.24) is 10.2 Å². The molecule has 4 N–H and O–H groups in total. The monoisotopic (exact) mass is 594 g/mol. The number of benzene rings is 2. The number of hydrogen-bond donors (Lipinski definition) is 4. The molecular weight excluding hydrogens is 552 g/mol. The fraction of sp³-hybridized carbons (Fsp3) is 0.515. The molecule has 3 aliphatic rings. The lowest BCUT2D eigenvalue weighted by Gasteiger charge is -2.41. The number of fused-ring (bicyclic) bond motifs is 3. The third-order valence-corrected chi connectivity index (χ3v) is 8.89. The summed E-state index contributed by atoms with van der Waals surface area (Å²) < 4.78 is 17.3. The lowest BCUT2D eigenvalue weighted by molar-refractivity contribution is -0.138. The Morgan fingerprint density at radius 2 is 1.86 bits per heavy atom. The summed E-state index contributed by atoms with van der Waals surface area (Å²) in [6.45, 7) is -0.101. The highest BCUT2D eigenvalue weighted by atomic mass is 16.5. The summed E-state index contributed by atoms with van der Waals surface area (Å²) in [6.07, 6.45) is 4.80. The molecular formula is C33H42N2O8. The van der Waals surface area contributed by atoms with Crippen molar-refractivity contribution < 1.29 is 39.1 Å². The lowest BCUT2D eigenvalue weighted by atomic mass is 9.77. The first kappa shape index (κ1) is 30.8. The summed E-state index contributed by atoms with van der Waals surface area (Å²) in [5.41, 5.74) is 2.52. The summed E-state index contributed by atoms with van der Waals surface area (Å²) in [4.78, 5) is 29.2. The highest BCUT2D eigenvalue weighted by Crippen LogP contribution is 2.51. The van der Waals surface area contributed by atoms with Crippen LogP contribution in [0, 0.1) is 5.92 Å². The minimum absolute atomic E-state index is 0.0503. The van der Waals surface area contributed by atoms with E-state index in [9.17, 15) is 24.9 Å². The maximum Gasteiger partial charge on any atom is 0.247 e. The van der Waals surface area contributed by atoms with Crippen LogP contribution < -0.4 is 19.5 Å². The number of methoxy groups -OCH3 is 2. The molecule has 1 saturated carbocycles. The lowest BCUT2D eigenvalue weighted by Crippen LogP contribution is -2.56. The maximum absolute atomic E-state index is 14.0. The molecule has 0 spiro atoms. The average Bonchev–Trinajstić information content (AvgIpc) is 3.68. The van der Waals surface area contributed by atoms with Crippen LogP contribution in [0.15, 0.2) is 48.0 Å². The minimum Gasteiger partial charge on any atom is -0.497 e. The molecule has 1 fully saturated rings. The van der Waals surface area contributed by atoms with Crippen LogP contribution >= 0.6 is 0 Å². The minimum atomic E-state index is -1.15. The van der Waals surface area contributed by atoms with Crippen molar-refractivity contribution in [2.75, 3.05) is 33.9 Å². The molecule has 0 radical (unpaired) electrons. The van der Waals surface area contributed by atoms with Gasteiger partial charge in [-0.2, -0.15) is 0 Å². The standard InChI is InChI=1S/C33H42N2O8/c1-41-23-9-5-8-21(14-23)10-12-35(28(38)17-20-6-3-4-7-20)26-18-25(33(40)34-11-13-36)29-24-15-22(19-37)16-27(42-2)31(24)43-32(29)30(26)39/h5,8-9,14-16,18,20,26,29-30,32,36-37,39H,3-4,6-7,10-13,17,19H2,1-2H3,(H,34,40)/t26-,29+,30+,32+/m1/s1. The van der Waals surface area contributed by atoms with Crippen LogP contribution in [-0.4, -0.2) is 84.2 Å². The molecule has 10 heteroatoms. The third-order valence-electron chi connectivity index (χ3n) is 8.89. The highest BCUT2D eigenvalue weighted by Gasteiger charge is 2.51. The number of carbonyl (C=O) groups excluding carboxylic acids is 2. The van der Waals surface area contributed by atoms with Crippen molar-refractivity contribution in [2.45, 2.75) is 69.3 Å². The Kier molecular flexibility index (Phi) is 9.90. The number of ether oxygens (including phenoxy) is 3. The molecule has 43 heavy (non-hydrogen) atoms. The van der Waals surface area contributed by atoms with Gasteiger partial charge in [0.15, 0.2) is 11.5 Å². The number of rotatable bonds is 12. The molecule has 2 amide bonds. The van der Waals surface area contributed by atoms with Gasteiger partial charge in [0.25, 0.3) is 0 Å². The van der Waals surface area contributed by atoms with Gasteiger partial charge in [-0.25, -0.2) is 0 Å². The summed E-state index contributed by atoms with van der Waals surface area (Å²) in [5.74, 6) is 0.659. The topological polar surface area (TPSA) is 138 Å². The normalized spacial score (nSPS) is 22.7. The predicted molar refractivity (Wildman–Crippen MR) is 159 cm³/mol. The second kappa shape index (κ2) is 13.8. The van der Waals surface area contributed by atoms with Crippen LogP contribution in [-0.2, 0) is 22.6 Å². The molecule has 4 atom stereocenters. The van der Waals surface area contributed by atoms with Crippen molar-refractivity contribution in [3.05, 3.63) is 64.7 Å². The number of nitrogens with one attached hydrogen (secondary N) is 1. The molecule has 0 bridgehead atoms. The van der Waals surface area contributed by atoms with Crippen molar-refractivity contribution in [1.29, 1.82) is 0 Å². The van der Waals surface area contributed by atoms with Gasteiger partial charge in [-0.05, 0) is 66.6 Å². The van der Waals surface area contributed by atoms with Gasteiger partial charge >= 0.3 is 0 Å². The second-order valence-corrected chi connectivity index (χ2v) is 11.6. The Morgan fingerprint density at radius 3 is 2.56 bits per heavy atom. The number of aliphatic hydroxyl groups excluding tert-OH is 3. The smallest absolute Gasteiger partial charge is 0.247 e. The van der Waals surface area contributed by atoms with Crippen LogP contribution in [0.5, 0.6) is 17.2 Å². The molecule has 0 aromatic heterocycles. The Bertz CT molecular complexity index is 1340. The fourth-order valence-corrected chi connectivity index (χ4v) is 6.72. The molecule has 0 unspecified atom stereocenters. The van der Waals surface area contributed by atoms with E-state index in [0.29, 0.717) is 53.5 Å². The number of carbonyl (C=O) groups is 2. The van der Waals surface area contributed by atoms with Gasteiger partial charge in [-0.1, -0.05) is 25.0 Å². The van der Waals surface area contributed by atoms with E-state index >= 15 is 0 Å². The van der Waals surface area contributed by atoms with Gasteiger partial charge in [0.05, 0.1) is 39.4 Å². The SMILES string of the molecule is COc1cccc(CCN(C(=O)CC2CCCC2)[C@@H]2C=C(C(=O)NCCO)[C@@H]3c4cc(CO)cc(OC)c4O[C@@H]3[C@H]2O)c1. The van der Waals surface area contributed by atoms with E-state index < -0.39 is 30.1 Å². The van der Waals surface area contributed by atoms with E-state index in [4.69, 9.17) is 14.2 Å². The van der Waals surface area contributed by atoms with Gasteiger partial charge in [0.1, 0.15) is 18.0 Å². The van der Waals surface area contributed by atoms with Crippen LogP contribution in [0.1, 0.15) is 54.7 Å². The van der Waals surface area contributed by atoms with Crippen molar-refractivity contribution in [3.63, 3.8) is 0 Å². The Labute approximate surface area is 252 Å². The van der Waals surface area contributed by atoms with Crippen molar-refractivity contribution >= 4 is 11.8 Å². The van der Waals surface area contributed by atoms with Crippen LogP contribution in [0.4, 0.5) is 0 Å². The van der Waals surface area contributed by atoms with Crippen LogP contribution in [0.2, 0.25) is 0 Å². The molecule has 2 aromatic rings. The molecule has 2 aliphatic carbocycles.